The number of aromatic nitrogens is 2. The van der Waals surface area contributed by atoms with E-state index in [2.05, 4.69) is 21.2 Å². The van der Waals surface area contributed by atoms with E-state index in [1.807, 2.05) is 0 Å². The van der Waals surface area contributed by atoms with Gasteiger partial charge >= 0.3 is 0 Å². The Morgan fingerprint density at radius 1 is 1.26 bits per heavy atom. The molecule has 2 heterocycles. The average Bonchev–Trinajstić information content (AvgIpc) is 3.40. The number of carbonyl (C=O) groups excluding carboxylic acids is 1. The number of allylic oxidation sites excluding steroid dienone is 4. The summed E-state index contributed by atoms with van der Waals surface area (Å²) in [6, 6.07) is -0.501. The first kappa shape index (κ1) is 30.0. The highest BCUT2D eigenvalue weighted by Gasteiger charge is 2.50. The zero-order valence-electron chi connectivity index (χ0n) is 19.7. The normalized spacial score (nSPS) is 17.8. The van der Waals surface area contributed by atoms with Crippen molar-refractivity contribution in [3.63, 3.8) is 0 Å². The van der Waals surface area contributed by atoms with Crippen LogP contribution in [0.5, 0.6) is 0 Å². The van der Waals surface area contributed by atoms with E-state index in [1.54, 1.807) is 11.8 Å². The van der Waals surface area contributed by atoms with Gasteiger partial charge in [0.1, 0.15) is 6.67 Å². The minimum atomic E-state index is -1.28. The van der Waals surface area contributed by atoms with E-state index in [1.165, 1.54) is 0 Å². The van der Waals surface area contributed by atoms with Gasteiger partial charge in [0.15, 0.2) is 23.1 Å². The molecule has 0 radical (unpaired) electrons. The number of nitrogens with zero attached hydrogens (tertiary/aromatic N) is 3. The average molecular weight is 505 g/mol. The zero-order chi connectivity index (χ0) is 26.4. The Labute approximate surface area is 201 Å². The van der Waals surface area contributed by atoms with E-state index >= 15 is 0 Å². The van der Waals surface area contributed by atoms with Gasteiger partial charge in [-0.2, -0.15) is 4.98 Å². The Balaban J connectivity index is 0.000000384. The summed E-state index contributed by atoms with van der Waals surface area (Å²) in [5.74, 6) is -1.82. The van der Waals surface area contributed by atoms with Crippen LogP contribution in [0, 0.1) is 6.92 Å². The first-order valence-corrected chi connectivity index (χ1v) is 11.1. The second-order valence-electron chi connectivity index (χ2n) is 8.18. The fourth-order valence-electron chi connectivity index (χ4n) is 3.18. The maximum Gasteiger partial charge on any atom is 0.290 e. The number of carboxylic acid groups (broad SMARTS) is 1. The van der Waals surface area contributed by atoms with E-state index < -0.39 is 30.0 Å². The Hall–Kier alpha value is -3.02. The zero-order valence-corrected chi connectivity index (χ0v) is 19.7. The molecule has 2 aliphatic rings. The van der Waals surface area contributed by atoms with E-state index in [9.17, 15) is 22.4 Å². The van der Waals surface area contributed by atoms with Crippen LogP contribution in [0.1, 0.15) is 56.7 Å². The van der Waals surface area contributed by atoms with Crippen molar-refractivity contribution in [2.75, 3.05) is 19.8 Å². The van der Waals surface area contributed by atoms with Crippen molar-refractivity contribution < 1.29 is 36.8 Å². The van der Waals surface area contributed by atoms with Crippen LogP contribution in [0.3, 0.4) is 0 Å². The molecule has 0 bridgehead atoms. The number of hydrogen-bond acceptors (Lipinski definition) is 6. The van der Waals surface area contributed by atoms with Crippen LogP contribution in [0.15, 0.2) is 40.5 Å². The lowest BCUT2D eigenvalue weighted by Gasteiger charge is -2.27. The molecule has 3 N–H and O–H groups in total. The highest BCUT2D eigenvalue weighted by molar-refractivity contribution is 5.76. The monoisotopic (exact) mass is 504 g/mol. The largest absolute Gasteiger partial charge is 0.483 e. The number of rotatable bonds is 8. The van der Waals surface area contributed by atoms with Gasteiger partial charge in [0.25, 0.3) is 12.4 Å². The van der Waals surface area contributed by atoms with Crippen molar-refractivity contribution in [1.29, 1.82) is 0 Å². The second kappa shape index (κ2) is 15.1. The van der Waals surface area contributed by atoms with E-state index in [-0.39, 0.29) is 36.7 Å². The number of carbonyl (C=O) groups is 2. The molecule has 0 spiro atoms. The third-order valence-electron chi connectivity index (χ3n) is 5.09. The minimum Gasteiger partial charge on any atom is -0.483 e. The molecule has 1 saturated carbocycles. The van der Waals surface area contributed by atoms with Gasteiger partial charge in [0.2, 0.25) is 5.91 Å². The number of hydrogen-bond donors (Lipinski definition) is 2. The number of alkyl halides is 2. The fourth-order valence-corrected chi connectivity index (χ4v) is 3.18. The summed E-state index contributed by atoms with van der Waals surface area (Å²) in [7, 11) is 0. The molecule has 2 fully saturated rings. The Morgan fingerprint density at radius 2 is 1.86 bits per heavy atom. The molecule has 1 unspecified atom stereocenters. The summed E-state index contributed by atoms with van der Waals surface area (Å²) in [4.78, 5) is 26.0. The summed E-state index contributed by atoms with van der Waals surface area (Å²) in [5, 5.41) is 10.4. The van der Waals surface area contributed by atoms with Gasteiger partial charge in [-0.05, 0) is 57.6 Å². The summed E-state index contributed by atoms with van der Waals surface area (Å²) < 4.78 is 55.9. The van der Waals surface area contributed by atoms with Crippen LogP contribution in [-0.2, 0) is 15.3 Å². The lowest BCUT2D eigenvalue weighted by atomic mass is 10.0. The Kier molecular flexibility index (Phi) is 12.9. The third-order valence-corrected chi connectivity index (χ3v) is 5.09. The van der Waals surface area contributed by atoms with Crippen LogP contribution >= 0.6 is 0 Å². The van der Waals surface area contributed by atoms with Crippen molar-refractivity contribution in [2.24, 2.45) is 5.73 Å². The summed E-state index contributed by atoms with van der Waals surface area (Å²) in [5.41, 5.74) is 4.85. The highest BCUT2D eigenvalue weighted by atomic mass is 19.2. The van der Waals surface area contributed by atoms with Gasteiger partial charge in [0.05, 0.1) is 0 Å². The molecule has 8 nitrogen and oxygen atoms in total. The van der Waals surface area contributed by atoms with Crippen LogP contribution in [0.2, 0.25) is 0 Å². The predicted octanol–water partition coefficient (Wildman–Crippen LogP) is 4.38. The molecule has 196 valence electrons. The van der Waals surface area contributed by atoms with Crippen molar-refractivity contribution in [3.05, 3.63) is 47.7 Å². The Morgan fingerprint density at radius 3 is 2.34 bits per heavy atom. The van der Waals surface area contributed by atoms with Crippen LogP contribution in [-0.4, -0.2) is 58.3 Å². The molecule has 1 amide bonds. The molecular weight excluding hydrogens is 472 g/mol. The minimum absolute atomic E-state index is 0.0204. The first-order valence-electron chi connectivity index (χ1n) is 11.1. The number of amides is 1. The maximum atomic E-state index is 13.3. The van der Waals surface area contributed by atoms with Gasteiger partial charge in [0, 0.05) is 25.6 Å². The van der Waals surface area contributed by atoms with E-state index in [0.717, 1.165) is 38.4 Å². The highest BCUT2D eigenvalue weighted by Crippen LogP contribution is 2.48. The topological polar surface area (TPSA) is 123 Å². The van der Waals surface area contributed by atoms with Crippen molar-refractivity contribution >= 4 is 12.4 Å². The van der Waals surface area contributed by atoms with Gasteiger partial charge < -0.3 is 20.3 Å². The standard InChI is InChI=1S/C16H23F3N2O.C6H7FN2O.CH2O2/c1-12(10-15(19)14(18)5-6-17)9-13(20)11-16(22)21-7-3-2-4-8-21;1-4-8-5(10-9-4)6(7)2-3-6;2-1-3/h5,10,13H,1-4,6-9,11,20H2;2-3H2,1H3;1H,(H,2,3)/b14-5+,15-10+;;. The molecule has 1 aromatic rings. The summed E-state index contributed by atoms with van der Waals surface area (Å²) in [6.07, 6.45) is 5.89. The van der Waals surface area contributed by atoms with Crippen molar-refractivity contribution in [3.8, 4) is 0 Å². The molecule has 12 heteroatoms. The molecule has 3 rings (SSSR count). The number of likely N-dealkylation sites (tertiary alicyclic amines) is 1. The molecule has 1 aliphatic carbocycles. The number of nitrogens with two attached hydrogens (primary N) is 1. The van der Waals surface area contributed by atoms with E-state index in [4.69, 9.17) is 15.6 Å². The molecular formula is C23H32F4N4O4. The number of piperidine rings is 1. The van der Waals surface area contributed by atoms with Crippen molar-refractivity contribution in [1.82, 2.24) is 15.0 Å². The van der Waals surface area contributed by atoms with Crippen molar-refractivity contribution in [2.45, 2.75) is 63.6 Å². The second-order valence-corrected chi connectivity index (χ2v) is 8.18. The molecule has 1 atom stereocenters. The molecule has 1 aliphatic heterocycles. The molecule has 1 saturated heterocycles. The quantitative estimate of drug-likeness (QED) is 0.306. The SMILES string of the molecule is C=C(/C=C(F)\C(F)=C/CF)CC(N)CC(=O)N1CCCCC1.Cc1noc(C2(F)CC2)n1.O=CO. The lowest BCUT2D eigenvalue weighted by molar-refractivity contribution is -0.132. The first-order chi connectivity index (χ1) is 16.6. The third kappa shape index (κ3) is 11.3. The Bertz CT molecular complexity index is 894. The van der Waals surface area contributed by atoms with E-state index in [0.29, 0.717) is 24.7 Å². The van der Waals surface area contributed by atoms with Crippen LogP contribution in [0.4, 0.5) is 17.6 Å². The summed E-state index contributed by atoms with van der Waals surface area (Å²) in [6.45, 7) is 5.44. The maximum absolute atomic E-state index is 13.3. The fraction of sp³-hybridized carbons (Fsp3) is 0.565. The molecule has 35 heavy (non-hydrogen) atoms. The summed E-state index contributed by atoms with van der Waals surface area (Å²) >= 11 is 0. The van der Waals surface area contributed by atoms with Crippen LogP contribution in [0.25, 0.3) is 0 Å². The lowest BCUT2D eigenvalue weighted by Crippen LogP contribution is -2.39. The smallest absolute Gasteiger partial charge is 0.290 e. The molecule has 1 aromatic heterocycles. The van der Waals surface area contributed by atoms with Gasteiger partial charge in [-0.3, -0.25) is 9.59 Å². The van der Waals surface area contributed by atoms with Gasteiger partial charge in [-0.25, -0.2) is 17.6 Å². The van der Waals surface area contributed by atoms with Gasteiger partial charge in [-0.15, -0.1) is 0 Å². The number of halogens is 4. The number of aryl methyl sites for hydroxylation is 1. The van der Waals surface area contributed by atoms with Gasteiger partial charge in [-0.1, -0.05) is 17.3 Å². The predicted molar refractivity (Wildman–Crippen MR) is 121 cm³/mol. The molecule has 0 aromatic carbocycles. The van der Waals surface area contributed by atoms with Crippen LogP contribution < -0.4 is 5.73 Å².